The quantitative estimate of drug-likeness (QED) is 0.529. The minimum absolute atomic E-state index is 0.189. The van der Waals surface area contributed by atoms with E-state index in [-0.39, 0.29) is 5.91 Å². The standard InChI is InChI=1S/C22H21N5O2/c1-26-22(27-11-5-6-12-27)19(15-25-26)21(28)24-14-18-9-10-23-20(13-18)29-16-17-7-3-2-4-8-17/h2-13,15H,14,16H2,1H3,(H,24,28). The molecule has 1 N–H and O–H groups in total. The van der Waals surface area contributed by atoms with Gasteiger partial charge in [0.1, 0.15) is 18.0 Å². The molecule has 4 aromatic rings. The summed E-state index contributed by atoms with van der Waals surface area (Å²) in [6.07, 6.45) is 7.02. The van der Waals surface area contributed by atoms with Gasteiger partial charge in [0, 0.05) is 38.2 Å². The third kappa shape index (κ3) is 4.35. The molecule has 0 saturated heterocycles. The third-order valence-electron chi connectivity index (χ3n) is 4.48. The van der Waals surface area contributed by atoms with Gasteiger partial charge in [0.15, 0.2) is 0 Å². The molecule has 0 radical (unpaired) electrons. The van der Waals surface area contributed by atoms with Crippen LogP contribution in [0.15, 0.2) is 79.4 Å². The van der Waals surface area contributed by atoms with Gasteiger partial charge in [-0.3, -0.25) is 9.48 Å². The lowest BCUT2D eigenvalue weighted by molar-refractivity contribution is 0.0950. The molecule has 1 aromatic carbocycles. The highest BCUT2D eigenvalue weighted by Gasteiger charge is 2.17. The molecule has 146 valence electrons. The Bertz CT molecular complexity index is 1090. The fraction of sp³-hybridized carbons (Fsp3) is 0.136. The molecule has 0 atom stereocenters. The maximum Gasteiger partial charge on any atom is 0.256 e. The van der Waals surface area contributed by atoms with Crippen LogP contribution >= 0.6 is 0 Å². The van der Waals surface area contributed by atoms with Crippen molar-refractivity contribution in [1.29, 1.82) is 0 Å². The lowest BCUT2D eigenvalue weighted by atomic mass is 10.2. The van der Waals surface area contributed by atoms with E-state index in [1.807, 2.05) is 78.6 Å². The van der Waals surface area contributed by atoms with E-state index < -0.39 is 0 Å². The molecule has 0 fully saturated rings. The van der Waals surface area contributed by atoms with Crippen LogP contribution in [-0.2, 0) is 20.2 Å². The van der Waals surface area contributed by atoms with Gasteiger partial charge in [0.25, 0.3) is 5.91 Å². The molecule has 0 aliphatic carbocycles. The zero-order valence-electron chi connectivity index (χ0n) is 16.0. The van der Waals surface area contributed by atoms with Gasteiger partial charge in [-0.1, -0.05) is 30.3 Å². The van der Waals surface area contributed by atoms with E-state index in [0.29, 0.717) is 30.4 Å². The first-order valence-corrected chi connectivity index (χ1v) is 9.26. The summed E-state index contributed by atoms with van der Waals surface area (Å²) in [5.74, 6) is 1.05. The van der Waals surface area contributed by atoms with Gasteiger partial charge >= 0.3 is 0 Å². The number of rotatable bonds is 7. The van der Waals surface area contributed by atoms with Crippen LogP contribution in [0, 0.1) is 0 Å². The number of nitrogens with one attached hydrogen (secondary N) is 1. The van der Waals surface area contributed by atoms with Crippen molar-refractivity contribution in [2.75, 3.05) is 0 Å². The Hall–Kier alpha value is -3.87. The first-order valence-electron chi connectivity index (χ1n) is 9.26. The summed E-state index contributed by atoms with van der Waals surface area (Å²) in [7, 11) is 1.81. The fourth-order valence-electron chi connectivity index (χ4n) is 3.02. The molecule has 7 nitrogen and oxygen atoms in total. The third-order valence-corrected chi connectivity index (χ3v) is 4.48. The number of benzene rings is 1. The van der Waals surface area contributed by atoms with Gasteiger partial charge in [0.2, 0.25) is 5.88 Å². The van der Waals surface area contributed by atoms with Crippen LogP contribution in [0.3, 0.4) is 0 Å². The van der Waals surface area contributed by atoms with Crippen molar-refractivity contribution in [2.24, 2.45) is 7.05 Å². The summed E-state index contributed by atoms with van der Waals surface area (Å²) in [6.45, 7) is 0.808. The van der Waals surface area contributed by atoms with Gasteiger partial charge in [-0.05, 0) is 29.3 Å². The zero-order chi connectivity index (χ0) is 20.1. The largest absolute Gasteiger partial charge is 0.473 e. The molecule has 4 rings (SSSR count). The molecule has 7 heteroatoms. The van der Waals surface area contributed by atoms with Crippen LogP contribution in [-0.4, -0.2) is 25.2 Å². The molecular formula is C22H21N5O2. The Morgan fingerprint density at radius 3 is 2.66 bits per heavy atom. The summed E-state index contributed by atoms with van der Waals surface area (Å²) >= 11 is 0. The number of nitrogens with zero attached hydrogens (tertiary/aromatic N) is 4. The number of ether oxygens (including phenoxy) is 1. The van der Waals surface area contributed by atoms with Gasteiger partial charge in [-0.2, -0.15) is 5.10 Å². The molecule has 3 heterocycles. The average Bonchev–Trinajstić information content (AvgIpc) is 3.41. The van der Waals surface area contributed by atoms with Gasteiger partial charge in [-0.15, -0.1) is 0 Å². The van der Waals surface area contributed by atoms with Crippen molar-refractivity contribution >= 4 is 5.91 Å². The molecule has 0 unspecified atom stereocenters. The number of aryl methyl sites for hydroxylation is 1. The van der Waals surface area contributed by atoms with Crippen LogP contribution in [0.5, 0.6) is 5.88 Å². The summed E-state index contributed by atoms with van der Waals surface area (Å²) in [5, 5.41) is 7.16. The van der Waals surface area contributed by atoms with Gasteiger partial charge in [0.05, 0.1) is 6.20 Å². The lowest BCUT2D eigenvalue weighted by Crippen LogP contribution is -2.24. The highest BCUT2D eigenvalue weighted by molar-refractivity contribution is 5.97. The summed E-state index contributed by atoms with van der Waals surface area (Å²) in [5.41, 5.74) is 2.49. The van der Waals surface area contributed by atoms with Crippen LogP contribution in [0.4, 0.5) is 0 Å². The van der Waals surface area contributed by atoms with Crippen molar-refractivity contribution in [3.8, 4) is 11.7 Å². The van der Waals surface area contributed by atoms with E-state index >= 15 is 0 Å². The van der Waals surface area contributed by atoms with Gasteiger partial charge < -0.3 is 14.6 Å². The summed E-state index contributed by atoms with van der Waals surface area (Å²) < 4.78 is 9.30. The van der Waals surface area contributed by atoms with Crippen molar-refractivity contribution < 1.29 is 9.53 Å². The zero-order valence-corrected chi connectivity index (χ0v) is 16.0. The molecule has 1 amide bonds. The predicted octanol–water partition coefficient (Wildman–Crippen LogP) is 3.11. The van der Waals surface area contributed by atoms with Gasteiger partial charge in [-0.25, -0.2) is 4.98 Å². The first kappa shape index (κ1) is 18.5. The number of carbonyl (C=O) groups excluding carboxylic acids is 1. The fourth-order valence-corrected chi connectivity index (χ4v) is 3.02. The van der Waals surface area contributed by atoms with Crippen molar-refractivity contribution in [2.45, 2.75) is 13.2 Å². The van der Waals surface area contributed by atoms with E-state index in [9.17, 15) is 4.79 Å². The van der Waals surface area contributed by atoms with Crippen molar-refractivity contribution in [3.05, 3.63) is 96.1 Å². The highest BCUT2D eigenvalue weighted by Crippen LogP contribution is 2.15. The smallest absolute Gasteiger partial charge is 0.256 e. The second kappa shape index (κ2) is 8.43. The summed E-state index contributed by atoms with van der Waals surface area (Å²) in [4.78, 5) is 17.0. The van der Waals surface area contributed by atoms with Crippen LogP contribution in [0.25, 0.3) is 5.82 Å². The maximum absolute atomic E-state index is 12.7. The average molecular weight is 387 g/mol. The van der Waals surface area contributed by atoms with E-state index in [2.05, 4.69) is 15.4 Å². The second-order valence-corrected chi connectivity index (χ2v) is 6.56. The minimum atomic E-state index is -0.189. The number of aromatic nitrogens is 4. The Kier molecular flexibility index (Phi) is 5.38. The van der Waals surface area contributed by atoms with E-state index in [0.717, 1.165) is 11.1 Å². The SMILES string of the molecule is Cn1ncc(C(=O)NCc2ccnc(OCc3ccccc3)c2)c1-n1cccc1. The number of pyridine rings is 1. The maximum atomic E-state index is 12.7. The van der Waals surface area contributed by atoms with E-state index in [1.165, 1.54) is 0 Å². The van der Waals surface area contributed by atoms with Crippen LogP contribution < -0.4 is 10.1 Å². The Balaban J connectivity index is 1.40. The predicted molar refractivity (Wildman–Crippen MR) is 109 cm³/mol. The number of carbonyl (C=O) groups is 1. The summed E-state index contributed by atoms with van der Waals surface area (Å²) in [6, 6.07) is 17.4. The highest BCUT2D eigenvalue weighted by atomic mass is 16.5. The van der Waals surface area contributed by atoms with Crippen LogP contribution in [0.2, 0.25) is 0 Å². The van der Waals surface area contributed by atoms with Crippen molar-refractivity contribution in [3.63, 3.8) is 0 Å². The van der Waals surface area contributed by atoms with Crippen molar-refractivity contribution in [1.82, 2.24) is 24.6 Å². The molecule has 0 spiro atoms. The number of hydrogen-bond acceptors (Lipinski definition) is 4. The molecule has 0 aliphatic rings. The Morgan fingerprint density at radius 2 is 1.86 bits per heavy atom. The van der Waals surface area contributed by atoms with E-state index in [4.69, 9.17) is 4.74 Å². The first-order chi connectivity index (χ1) is 14.2. The topological polar surface area (TPSA) is 74.0 Å². The molecule has 3 aromatic heterocycles. The number of amides is 1. The van der Waals surface area contributed by atoms with E-state index in [1.54, 1.807) is 17.1 Å². The number of hydrogen-bond donors (Lipinski definition) is 1. The van der Waals surface area contributed by atoms with Crippen LogP contribution in [0.1, 0.15) is 21.5 Å². The molecule has 0 saturated carbocycles. The Morgan fingerprint density at radius 1 is 1.07 bits per heavy atom. The lowest BCUT2D eigenvalue weighted by Gasteiger charge is -2.10. The minimum Gasteiger partial charge on any atom is -0.473 e. The molecule has 29 heavy (non-hydrogen) atoms. The normalized spacial score (nSPS) is 10.7. The monoisotopic (exact) mass is 387 g/mol. The molecule has 0 bridgehead atoms. The second-order valence-electron chi connectivity index (χ2n) is 6.56. The Labute approximate surface area is 168 Å². The molecule has 0 aliphatic heterocycles. The molecular weight excluding hydrogens is 366 g/mol.